The van der Waals surface area contributed by atoms with E-state index in [1.165, 1.54) is 23.3 Å². The van der Waals surface area contributed by atoms with Crippen LogP contribution in [0.5, 0.6) is 0 Å². The maximum absolute atomic E-state index is 4.50. The van der Waals surface area contributed by atoms with Crippen LogP contribution in [0.3, 0.4) is 0 Å². The summed E-state index contributed by atoms with van der Waals surface area (Å²) in [5.74, 6) is 0.493. The van der Waals surface area contributed by atoms with Crippen LogP contribution in [0.15, 0.2) is 59.3 Å². The van der Waals surface area contributed by atoms with Crippen molar-refractivity contribution in [2.45, 2.75) is 25.4 Å². The minimum atomic E-state index is 0.360. The van der Waals surface area contributed by atoms with Gasteiger partial charge in [-0.15, -0.1) is 12.6 Å². The van der Waals surface area contributed by atoms with E-state index in [0.29, 0.717) is 12.1 Å². The van der Waals surface area contributed by atoms with Crippen molar-refractivity contribution in [2.24, 2.45) is 5.92 Å². The van der Waals surface area contributed by atoms with E-state index in [1.54, 1.807) is 0 Å². The highest BCUT2D eigenvalue weighted by molar-refractivity contribution is 7.84. The zero-order chi connectivity index (χ0) is 13.1. The lowest BCUT2D eigenvalue weighted by atomic mass is 9.96. The van der Waals surface area contributed by atoms with Crippen molar-refractivity contribution in [3.05, 3.63) is 59.3 Å². The molecule has 1 aliphatic heterocycles. The van der Waals surface area contributed by atoms with Gasteiger partial charge in [0.25, 0.3) is 0 Å². The highest BCUT2D eigenvalue weighted by Crippen LogP contribution is 2.28. The van der Waals surface area contributed by atoms with E-state index in [0.717, 1.165) is 13.0 Å². The molecule has 0 spiro atoms. The van der Waals surface area contributed by atoms with Crippen molar-refractivity contribution < 1.29 is 0 Å². The fourth-order valence-corrected chi connectivity index (χ4v) is 3.17. The molecule has 1 N–H and O–H groups in total. The number of hydrogen-bond donors (Lipinski definition) is 2. The van der Waals surface area contributed by atoms with Crippen LogP contribution >= 0.6 is 12.6 Å². The van der Waals surface area contributed by atoms with Gasteiger partial charge in [0.1, 0.15) is 6.17 Å². The first-order valence-corrected chi connectivity index (χ1v) is 7.37. The molecule has 2 unspecified atom stereocenters. The molecular formula is C16H20N2S. The summed E-state index contributed by atoms with van der Waals surface area (Å²) in [6.45, 7) is 1.02. The number of hydrogen-bond acceptors (Lipinski definition) is 3. The fourth-order valence-electron chi connectivity index (χ4n) is 2.87. The summed E-state index contributed by atoms with van der Waals surface area (Å²) in [4.78, 5) is 3.58. The average molecular weight is 272 g/mol. The Hall–Kier alpha value is -1.35. The maximum Gasteiger partial charge on any atom is 0.105 e. The highest BCUT2D eigenvalue weighted by atomic mass is 32.1. The van der Waals surface area contributed by atoms with E-state index in [-0.39, 0.29) is 0 Å². The van der Waals surface area contributed by atoms with Crippen molar-refractivity contribution in [1.29, 1.82) is 0 Å². The first kappa shape index (κ1) is 12.7. The molecule has 0 saturated carbocycles. The molecule has 0 fully saturated rings. The molecule has 3 rings (SSSR count). The van der Waals surface area contributed by atoms with E-state index in [2.05, 4.69) is 71.7 Å². The molecule has 2 atom stereocenters. The third-order valence-corrected chi connectivity index (χ3v) is 4.21. The number of rotatable bonds is 3. The molecule has 3 heteroatoms. The predicted octanol–water partition coefficient (Wildman–Crippen LogP) is 3.36. The second-order valence-corrected chi connectivity index (χ2v) is 5.88. The summed E-state index contributed by atoms with van der Waals surface area (Å²) in [7, 11) is 0. The lowest BCUT2D eigenvalue weighted by molar-refractivity contribution is 0.238. The standard InChI is InChI=1S/C16H20N2S/c19-15-8-4-7-14(11-15)16-17-9-10-18(16)12-13-5-2-1-3-6-13/h1-2,4-5,7-10,14,16-17,19H,3,6,11-12H2. The molecule has 0 aromatic heterocycles. The van der Waals surface area contributed by atoms with E-state index in [9.17, 15) is 0 Å². The molecule has 0 aromatic rings. The summed E-state index contributed by atoms with van der Waals surface area (Å²) in [6, 6.07) is 0. The van der Waals surface area contributed by atoms with Gasteiger partial charge in [0.2, 0.25) is 0 Å². The van der Waals surface area contributed by atoms with Crippen LogP contribution in [0.25, 0.3) is 0 Å². The Bertz CT molecular complexity index is 485. The quantitative estimate of drug-likeness (QED) is 0.766. The molecule has 0 radical (unpaired) electrons. The van der Waals surface area contributed by atoms with Gasteiger partial charge >= 0.3 is 0 Å². The first-order valence-electron chi connectivity index (χ1n) is 6.92. The molecule has 100 valence electrons. The van der Waals surface area contributed by atoms with Gasteiger partial charge in [-0.3, -0.25) is 0 Å². The van der Waals surface area contributed by atoms with Crippen LogP contribution in [-0.4, -0.2) is 17.6 Å². The zero-order valence-corrected chi connectivity index (χ0v) is 11.9. The molecule has 0 saturated heterocycles. The second kappa shape index (κ2) is 5.74. The van der Waals surface area contributed by atoms with Crippen molar-refractivity contribution in [3.63, 3.8) is 0 Å². The molecule has 2 aliphatic carbocycles. The Balaban J connectivity index is 1.66. The zero-order valence-electron chi connectivity index (χ0n) is 11.0. The Morgan fingerprint density at radius 2 is 2.26 bits per heavy atom. The van der Waals surface area contributed by atoms with Crippen molar-refractivity contribution in [1.82, 2.24) is 10.2 Å². The van der Waals surface area contributed by atoms with Gasteiger partial charge < -0.3 is 10.2 Å². The summed E-state index contributed by atoms with van der Waals surface area (Å²) in [5, 5.41) is 3.47. The minimum absolute atomic E-state index is 0.360. The van der Waals surface area contributed by atoms with Crippen LogP contribution in [0, 0.1) is 5.92 Å². The van der Waals surface area contributed by atoms with E-state index in [4.69, 9.17) is 0 Å². The summed E-state index contributed by atoms with van der Waals surface area (Å²) >= 11 is 4.50. The summed E-state index contributed by atoms with van der Waals surface area (Å²) < 4.78 is 0. The largest absolute Gasteiger partial charge is 0.370 e. The van der Waals surface area contributed by atoms with Crippen LogP contribution in [-0.2, 0) is 0 Å². The molecule has 1 heterocycles. The first-order chi connectivity index (χ1) is 9.33. The molecule has 19 heavy (non-hydrogen) atoms. The van der Waals surface area contributed by atoms with Crippen molar-refractivity contribution in [3.8, 4) is 0 Å². The van der Waals surface area contributed by atoms with Crippen LogP contribution < -0.4 is 5.32 Å². The Morgan fingerprint density at radius 3 is 3.05 bits per heavy atom. The van der Waals surface area contributed by atoms with Gasteiger partial charge in [-0.2, -0.15) is 0 Å². The number of nitrogens with one attached hydrogen (secondary N) is 1. The highest BCUT2D eigenvalue weighted by Gasteiger charge is 2.27. The third kappa shape index (κ3) is 2.98. The monoisotopic (exact) mass is 272 g/mol. The Morgan fingerprint density at radius 1 is 1.32 bits per heavy atom. The molecule has 0 bridgehead atoms. The van der Waals surface area contributed by atoms with Crippen molar-refractivity contribution in [2.75, 3.05) is 6.54 Å². The van der Waals surface area contributed by atoms with E-state index < -0.39 is 0 Å². The second-order valence-electron chi connectivity index (χ2n) is 5.30. The van der Waals surface area contributed by atoms with E-state index >= 15 is 0 Å². The van der Waals surface area contributed by atoms with Crippen LogP contribution in [0.2, 0.25) is 0 Å². The predicted molar refractivity (Wildman–Crippen MR) is 83.5 cm³/mol. The molecule has 0 amide bonds. The molecule has 3 aliphatic rings. The van der Waals surface area contributed by atoms with Crippen molar-refractivity contribution >= 4 is 12.6 Å². The van der Waals surface area contributed by atoms with Gasteiger partial charge in [-0.05, 0) is 24.2 Å². The fraction of sp³-hybridized carbons (Fsp3) is 0.375. The van der Waals surface area contributed by atoms with Gasteiger partial charge in [-0.1, -0.05) is 42.0 Å². The van der Waals surface area contributed by atoms with Crippen LogP contribution in [0.4, 0.5) is 0 Å². The summed E-state index contributed by atoms with van der Waals surface area (Å²) in [5.41, 5.74) is 1.52. The number of allylic oxidation sites excluding steroid dienone is 6. The average Bonchev–Trinajstić information content (AvgIpc) is 2.88. The molecular weight excluding hydrogens is 252 g/mol. The minimum Gasteiger partial charge on any atom is -0.370 e. The van der Waals surface area contributed by atoms with Gasteiger partial charge in [0.05, 0.1) is 0 Å². The normalized spacial score (nSPS) is 29.2. The summed E-state index contributed by atoms with van der Waals surface area (Å²) in [6.07, 6.45) is 21.1. The SMILES string of the molecule is SC1=CC=CC(C2NC=CN2CC2=CC=CCC2)C1. The number of nitrogens with zero attached hydrogens (tertiary/aromatic N) is 1. The lowest BCUT2D eigenvalue weighted by Gasteiger charge is -2.33. The van der Waals surface area contributed by atoms with Gasteiger partial charge in [0, 0.05) is 24.9 Å². The van der Waals surface area contributed by atoms with Crippen LogP contribution in [0.1, 0.15) is 19.3 Å². The Kier molecular flexibility index (Phi) is 3.83. The van der Waals surface area contributed by atoms with Gasteiger partial charge in [-0.25, -0.2) is 0 Å². The third-order valence-electron chi connectivity index (χ3n) is 3.87. The lowest BCUT2D eigenvalue weighted by Crippen LogP contribution is -2.42. The Labute approximate surface area is 120 Å². The van der Waals surface area contributed by atoms with Gasteiger partial charge in [0.15, 0.2) is 0 Å². The maximum atomic E-state index is 4.50. The smallest absolute Gasteiger partial charge is 0.105 e. The number of thiol groups is 1. The van der Waals surface area contributed by atoms with E-state index in [1.807, 2.05) is 0 Å². The topological polar surface area (TPSA) is 15.3 Å². The molecule has 2 nitrogen and oxygen atoms in total. The molecule has 0 aromatic carbocycles.